The number of anilines is 1. The summed E-state index contributed by atoms with van der Waals surface area (Å²) in [5.41, 5.74) is 2.10. The number of carbonyl (C=O) groups excluding carboxylic acids is 3. The van der Waals surface area contributed by atoms with Crippen molar-refractivity contribution in [3.05, 3.63) is 65.7 Å². The molecule has 36 heavy (non-hydrogen) atoms. The van der Waals surface area contributed by atoms with Gasteiger partial charge in [0.2, 0.25) is 5.91 Å². The van der Waals surface area contributed by atoms with Crippen LogP contribution in [0.4, 0.5) is 10.5 Å². The molecule has 0 aromatic heterocycles. The van der Waals surface area contributed by atoms with Crippen LogP contribution in [0.15, 0.2) is 54.6 Å². The van der Waals surface area contributed by atoms with Crippen LogP contribution in [0.25, 0.3) is 0 Å². The van der Waals surface area contributed by atoms with Crippen molar-refractivity contribution in [2.24, 2.45) is 5.92 Å². The van der Waals surface area contributed by atoms with E-state index in [1.54, 1.807) is 29.2 Å². The second-order valence-corrected chi connectivity index (χ2v) is 9.29. The van der Waals surface area contributed by atoms with E-state index in [2.05, 4.69) is 33.0 Å². The van der Waals surface area contributed by atoms with E-state index in [4.69, 9.17) is 5.26 Å². The van der Waals surface area contributed by atoms with Crippen molar-refractivity contribution in [2.45, 2.75) is 32.9 Å². The molecule has 1 unspecified atom stereocenters. The number of urea groups is 1. The smallest absolute Gasteiger partial charge is 0.321 e. The molecule has 1 heterocycles. The second-order valence-electron chi connectivity index (χ2n) is 9.29. The summed E-state index contributed by atoms with van der Waals surface area (Å²) in [5.74, 6) is -0.644. The van der Waals surface area contributed by atoms with E-state index in [0.29, 0.717) is 30.8 Å². The van der Waals surface area contributed by atoms with Gasteiger partial charge in [-0.2, -0.15) is 5.26 Å². The van der Waals surface area contributed by atoms with Gasteiger partial charge in [0.1, 0.15) is 12.6 Å². The third-order valence-electron chi connectivity index (χ3n) is 5.96. The molecule has 1 saturated heterocycles. The minimum Gasteiger partial charge on any atom is -0.341 e. The minimum atomic E-state index is -0.753. The number of benzene rings is 2. The Bertz CT molecular complexity index is 1070. The lowest BCUT2D eigenvalue weighted by Crippen LogP contribution is -2.49. The minimum absolute atomic E-state index is 0.120. The molecule has 1 aliphatic heterocycles. The molecule has 0 radical (unpaired) electrons. The number of nitrogens with one attached hydrogen (secondary N) is 3. The Hall–Kier alpha value is -3.90. The number of carbonyl (C=O) groups is 3. The molecule has 1 aliphatic rings. The molecule has 190 valence electrons. The van der Waals surface area contributed by atoms with E-state index in [9.17, 15) is 14.4 Å². The Kier molecular flexibility index (Phi) is 9.83. The Balaban J connectivity index is 1.54. The summed E-state index contributed by atoms with van der Waals surface area (Å²) in [6, 6.07) is 17.8. The lowest BCUT2D eigenvalue weighted by molar-refractivity contribution is -0.123. The Morgan fingerprint density at radius 2 is 1.72 bits per heavy atom. The Labute approximate surface area is 212 Å². The van der Waals surface area contributed by atoms with Gasteiger partial charge in [-0.15, -0.1) is 0 Å². The molecule has 1 fully saturated rings. The van der Waals surface area contributed by atoms with Crippen LogP contribution in [0.5, 0.6) is 0 Å². The normalized spacial score (nSPS) is 14.6. The number of hydrogen-bond acceptors (Lipinski definition) is 5. The average molecular weight is 491 g/mol. The zero-order chi connectivity index (χ0) is 25.9. The zero-order valence-corrected chi connectivity index (χ0v) is 20.9. The van der Waals surface area contributed by atoms with E-state index in [1.165, 1.54) is 5.56 Å². The van der Waals surface area contributed by atoms with Crippen LogP contribution in [-0.4, -0.2) is 66.4 Å². The molecule has 0 bridgehead atoms. The Morgan fingerprint density at radius 3 is 2.39 bits per heavy atom. The number of nitrogens with zero attached hydrogens (tertiary/aromatic N) is 3. The van der Waals surface area contributed by atoms with Gasteiger partial charge in [0, 0.05) is 44.0 Å². The van der Waals surface area contributed by atoms with Crippen LogP contribution in [0.1, 0.15) is 36.2 Å². The molecule has 4 amide bonds. The summed E-state index contributed by atoms with van der Waals surface area (Å²) in [6.45, 7) is 7.46. The predicted octanol–water partition coefficient (Wildman–Crippen LogP) is 2.82. The number of nitriles is 1. The van der Waals surface area contributed by atoms with Crippen LogP contribution in [0.2, 0.25) is 0 Å². The van der Waals surface area contributed by atoms with Gasteiger partial charge in [0.15, 0.2) is 0 Å². The van der Waals surface area contributed by atoms with E-state index < -0.39 is 17.9 Å². The summed E-state index contributed by atoms with van der Waals surface area (Å²) >= 11 is 0. The van der Waals surface area contributed by atoms with Crippen molar-refractivity contribution in [3.8, 4) is 6.07 Å². The topological polar surface area (TPSA) is 118 Å². The van der Waals surface area contributed by atoms with Crippen LogP contribution in [0.3, 0.4) is 0 Å². The average Bonchev–Trinajstić information content (AvgIpc) is 2.87. The third kappa shape index (κ3) is 8.10. The van der Waals surface area contributed by atoms with Crippen LogP contribution in [0, 0.1) is 17.2 Å². The van der Waals surface area contributed by atoms with Crippen LogP contribution >= 0.6 is 0 Å². The summed E-state index contributed by atoms with van der Waals surface area (Å²) in [5, 5.41) is 16.9. The van der Waals surface area contributed by atoms with Gasteiger partial charge in [-0.25, -0.2) is 4.79 Å². The maximum atomic E-state index is 12.9. The number of hydrogen-bond donors (Lipinski definition) is 3. The van der Waals surface area contributed by atoms with E-state index in [1.807, 2.05) is 38.1 Å². The molecular formula is C27H34N6O3. The first-order valence-corrected chi connectivity index (χ1v) is 12.2. The molecule has 0 spiro atoms. The van der Waals surface area contributed by atoms with Gasteiger partial charge >= 0.3 is 6.03 Å². The highest BCUT2D eigenvalue weighted by molar-refractivity contribution is 5.99. The fraction of sp³-hybridized carbons (Fsp3) is 0.407. The zero-order valence-electron chi connectivity index (χ0n) is 20.9. The quantitative estimate of drug-likeness (QED) is 0.467. The highest BCUT2D eigenvalue weighted by Gasteiger charge is 2.24. The predicted molar refractivity (Wildman–Crippen MR) is 138 cm³/mol. The van der Waals surface area contributed by atoms with E-state index in [0.717, 1.165) is 19.6 Å². The van der Waals surface area contributed by atoms with Crippen molar-refractivity contribution >= 4 is 23.5 Å². The largest absolute Gasteiger partial charge is 0.341 e. The molecule has 0 aliphatic carbocycles. The van der Waals surface area contributed by atoms with Crippen molar-refractivity contribution < 1.29 is 14.4 Å². The maximum absolute atomic E-state index is 12.9. The molecule has 2 aromatic carbocycles. The fourth-order valence-corrected chi connectivity index (χ4v) is 4.09. The van der Waals surface area contributed by atoms with Crippen molar-refractivity contribution in [3.63, 3.8) is 0 Å². The lowest BCUT2D eigenvalue weighted by Gasteiger charge is -2.34. The summed E-state index contributed by atoms with van der Waals surface area (Å²) in [6.07, 6.45) is 0.440. The second kappa shape index (κ2) is 13.3. The van der Waals surface area contributed by atoms with Gasteiger partial charge in [-0.1, -0.05) is 50.2 Å². The van der Waals surface area contributed by atoms with Crippen molar-refractivity contribution in [2.75, 3.05) is 38.0 Å². The summed E-state index contributed by atoms with van der Waals surface area (Å²) < 4.78 is 0. The lowest BCUT2D eigenvalue weighted by atomic mass is 10.0. The number of amides is 4. The first-order chi connectivity index (χ1) is 17.4. The monoisotopic (exact) mass is 490 g/mol. The highest BCUT2D eigenvalue weighted by Crippen LogP contribution is 2.15. The number of rotatable bonds is 9. The van der Waals surface area contributed by atoms with Gasteiger partial charge < -0.3 is 20.9 Å². The Morgan fingerprint density at radius 1 is 1.00 bits per heavy atom. The number of piperazine rings is 1. The molecule has 3 N–H and O–H groups in total. The van der Waals surface area contributed by atoms with Gasteiger partial charge in [-0.3, -0.25) is 14.5 Å². The summed E-state index contributed by atoms with van der Waals surface area (Å²) in [4.78, 5) is 42.1. The van der Waals surface area contributed by atoms with E-state index >= 15 is 0 Å². The van der Waals surface area contributed by atoms with Crippen LogP contribution < -0.4 is 16.0 Å². The van der Waals surface area contributed by atoms with Gasteiger partial charge in [0.05, 0.1) is 6.07 Å². The van der Waals surface area contributed by atoms with Gasteiger partial charge in [-0.05, 0) is 36.1 Å². The molecule has 9 nitrogen and oxygen atoms in total. The molecule has 0 saturated carbocycles. The van der Waals surface area contributed by atoms with E-state index in [-0.39, 0.29) is 18.5 Å². The molecule has 9 heteroatoms. The van der Waals surface area contributed by atoms with Crippen molar-refractivity contribution in [1.82, 2.24) is 20.4 Å². The molecule has 2 aromatic rings. The van der Waals surface area contributed by atoms with Crippen LogP contribution in [-0.2, 0) is 11.3 Å². The molecule has 1 atom stereocenters. The fourth-order valence-electron chi connectivity index (χ4n) is 4.09. The standard InChI is InChI=1S/C27H34N6O3/c1-20(2)17-24(26(35)29-12-11-28)31-25(34)22-9-6-10-23(18-22)30-27(36)33-15-13-32(14-16-33)19-21-7-4-3-5-8-21/h3-10,18,20,24H,12-17,19H2,1-2H3,(H,29,35)(H,30,36)(H,31,34). The third-order valence-corrected chi connectivity index (χ3v) is 5.96. The SMILES string of the molecule is CC(C)CC(NC(=O)c1cccc(NC(=O)N2CCN(Cc3ccccc3)CC2)c1)C(=O)NCC#N. The molecular weight excluding hydrogens is 456 g/mol. The first kappa shape index (κ1) is 26.7. The highest BCUT2D eigenvalue weighted by atomic mass is 16.2. The van der Waals surface area contributed by atoms with Crippen molar-refractivity contribution in [1.29, 1.82) is 5.26 Å². The molecule has 3 rings (SSSR count). The van der Waals surface area contributed by atoms with Gasteiger partial charge in [0.25, 0.3) is 5.91 Å². The summed E-state index contributed by atoms with van der Waals surface area (Å²) in [7, 11) is 0. The first-order valence-electron chi connectivity index (χ1n) is 12.2. The maximum Gasteiger partial charge on any atom is 0.321 e.